The van der Waals surface area contributed by atoms with Gasteiger partial charge in [-0.15, -0.1) is 0 Å². The minimum absolute atomic E-state index is 0.130. The monoisotopic (exact) mass is 239 g/mol. The molecule has 0 unspecified atom stereocenters. The van der Waals surface area contributed by atoms with Gasteiger partial charge in [0, 0.05) is 18.3 Å². The van der Waals surface area contributed by atoms with E-state index < -0.39 is 0 Å². The van der Waals surface area contributed by atoms with Gasteiger partial charge in [0.25, 0.3) is 5.91 Å². The highest BCUT2D eigenvalue weighted by molar-refractivity contribution is 8.26. The Balaban J connectivity index is 2.22. The molecule has 0 bridgehead atoms. The van der Waals surface area contributed by atoms with Crippen molar-refractivity contribution in [3.05, 3.63) is 22.9 Å². The van der Waals surface area contributed by atoms with Gasteiger partial charge in [-0.25, -0.2) is 0 Å². The normalized spacial score (nSPS) is 18.6. The Bertz CT molecular complexity index is 450. The van der Waals surface area contributed by atoms with Gasteiger partial charge in [0.15, 0.2) is 0 Å². The lowest BCUT2D eigenvalue weighted by Crippen LogP contribution is -2.17. The molecule has 0 aliphatic carbocycles. The molecule has 1 aliphatic rings. The van der Waals surface area contributed by atoms with Gasteiger partial charge in [-0.1, -0.05) is 24.0 Å². The SMILES string of the molecule is CCn1cc(/C=C2\SC(=S)NC2=O)cn1. The minimum atomic E-state index is -0.130. The van der Waals surface area contributed by atoms with Gasteiger partial charge in [0.05, 0.1) is 11.1 Å². The maximum atomic E-state index is 11.4. The van der Waals surface area contributed by atoms with Gasteiger partial charge < -0.3 is 5.32 Å². The second-order valence-electron chi connectivity index (χ2n) is 2.98. The number of hydrogen-bond donors (Lipinski definition) is 1. The van der Waals surface area contributed by atoms with Gasteiger partial charge in [-0.3, -0.25) is 9.48 Å². The molecule has 2 rings (SSSR count). The number of thioether (sulfide) groups is 1. The molecule has 1 N–H and O–H groups in total. The van der Waals surface area contributed by atoms with Crippen molar-refractivity contribution >= 4 is 40.3 Å². The zero-order valence-corrected chi connectivity index (χ0v) is 9.69. The van der Waals surface area contributed by atoms with Crippen molar-refractivity contribution < 1.29 is 4.79 Å². The number of aryl methyl sites for hydroxylation is 1. The van der Waals surface area contributed by atoms with Gasteiger partial charge in [-0.2, -0.15) is 5.10 Å². The summed E-state index contributed by atoms with van der Waals surface area (Å²) in [5, 5.41) is 6.69. The van der Waals surface area contributed by atoms with E-state index in [9.17, 15) is 4.79 Å². The molecule has 6 heteroatoms. The molecule has 0 saturated carbocycles. The van der Waals surface area contributed by atoms with E-state index in [0.29, 0.717) is 9.23 Å². The highest BCUT2D eigenvalue weighted by Crippen LogP contribution is 2.25. The first-order valence-electron chi connectivity index (χ1n) is 4.46. The van der Waals surface area contributed by atoms with Gasteiger partial charge >= 0.3 is 0 Å². The lowest BCUT2D eigenvalue weighted by molar-refractivity contribution is -0.115. The number of carbonyl (C=O) groups is 1. The fourth-order valence-electron chi connectivity index (χ4n) is 1.20. The summed E-state index contributed by atoms with van der Waals surface area (Å²) in [6.45, 7) is 2.83. The summed E-state index contributed by atoms with van der Waals surface area (Å²) in [5.74, 6) is -0.130. The van der Waals surface area contributed by atoms with E-state index in [1.165, 1.54) is 11.8 Å². The van der Waals surface area contributed by atoms with Crippen LogP contribution in [0.15, 0.2) is 17.3 Å². The summed E-state index contributed by atoms with van der Waals surface area (Å²) >= 11 is 6.17. The zero-order valence-electron chi connectivity index (χ0n) is 8.06. The number of carbonyl (C=O) groups excluding carboxylic acids is 1. The van der Waals surface area contributed by atoms with Crippen molar-refractivity contribution in [3.63, 3.8) is 0 Å². The van der Waals surface area contributed by atoms with Crippen LogP contribution in [0.4, 0.5) is 0 Å². The van der Waals surface area contributed by atoms with Gasteiger partial charge in [0.2, 0.25) is 0 Å². The fraction of sp³-hybridized carbons (Fsp3) is 0.222. The Kier molecular flexibility index (Phi) is 2.88. The van der Waals surface area contributed by atoms with Crippen LogP contribution in [0.1, 0.15) is 12.5 Å². The fourth-order valence-corrected chi connectivity index (χ4v) is 2.24. The molecule has 0 aromatic carbocycles. The maximum Gasteiger partial charge on any atom is 0.263 e. The van der Waals surface area contributed by atoms with E-state index >= 15 is 0 Å². The van der Waals surface area contributed by atoms with E-state index in [-0.39, 0.29) is 5.91 Å². The van der Waals surface area contributed by atoms with Crippen molar-refractivity contribution in [1.29, 1.82) is 0 Å². The maximum absolute atomic E-state index is 11.4. The average Bonchev–Trinajstić information content (AvgIpc) is 2.75. The first kappa shape index (κ1) is 10.4. The van der Waals surface area contributed by atoms with E-state index in [0.717, 1.165) is 12.1 Å². The van der Waals surface area contributed by atoms with E-state index in [2.05, 4.69) is 10.4 Å². The number of aromatic nitrogens is 2. The van der Waals surface area contributed by atoms with Crippen LogP contribution in [0.5, 0.6) is 0 Å². The smallest absolute Gasteiger partial charge is 0.263 e. The molecule has 1 aromatic heterocycles. The number of amides is 1. The highest BCUT2D eigenvalue weighted by atomic mass is 32.2. The Morgan fingerprint density at radius 2 is 2.53 bits per heavy atom. The second kappa shape index (κ2) is 4.16. The van der Waals surface area contributed by atoms with Crippen molar-refractivity contribution in [3.8, 4) is 0 Å². The quantitative estimate of drug-likeness (QED) is 0.626. The van der Waals surface area contributed by atoms with Crippen LogP contribution in [0.25, 0.3) is 6.08 Å². The van der Waals surface area contributed by atoms with E-state index in [4.69, 9.17) is 12.2 Å². The first-order chi connectivity index (χ1) is 7.19. The highest BCUT2D eigenvalue weighted by Gasteiger charge is 2.21. The van der Waals surface area contributed by atoms with Crippen LogP contribution < -0.4 is 5.32 Å². The zero-order chi connectivity index (χ0) is 10.8. The Labute approximate surface area is 96.7 Å². The molecule has 1 amide bonds. The van der Waals surface area contributed by atoms with Crippen molar-refractivity contribution in [1.82, 2.24) is 15.1 Å². The number of nitrogens with zero attached hydrogens (tertiary/aromatic N) is 2. The molecular formula is C9H9N3OS2. The molecule has 1 saturated heterocycles. The molecule has 0 atom stereocenters. The van der Waals surface area contributed by atoms with Crippen LogP contribution in [0.2, 0.25) is 0 Å². The van der Waals surface area contributed by atoms with E-state index in [1.54, 1.807) is 12.3 Å². The largest absolute Gasteiger partial charge is 0.307 e. The van der Waals surface area contributed by atoms with Crippen molar-refractivity contribution in [2.75, 3.05) is 0 Å². The molecular weight excluding hydrogens is 230 g/mol. The Morgan fingerprint density at radius 1 is 1.73 bits per heavy atom. The Hall–Kier alpha value is -1.14. The molecule has 1 aliphatic heterocycles. The summed E-state index contributed by atoms with van der Waals surface area (Å²) in [6.07, 6.45) is 5.41. The molecule has 1 fully saturated rings. The van der Waals surface area contributed by atoms with Gasteiger partial charge in [0.1, 0.15) is 4.32 Å². The van der Waals surface area contributed by atoms with Crippen LogP contribution in [0, 0.1) is 0 Å². The molecule has 1 aromatic rings. The number of rotatable bonds is 2. The average molecular weight is 239 g/mol. The summed E-state index contributed by atoms with van der Waals surface area (Å²) in [7, 11) is 0. The third-order valence-corrected chi connectivity index (χ3v) is 3.08. The summed E-state index contributed by atoms with van der Waals surface area (Å²) in [4.78, 5) is 12.0. The van der Waals surface area contributed by atoms with Crippen molar-refractivity contribution in [2.45, 2.75) is 13.5 Å². The van der Waals surface area contributed by atoms with Crippen LogP contribution >= 0.6 is 24.0 Å². The lowest BCUT2D eigenvalue weighted by Gasteiger charge is -1.90. The second-order valence-corrected chi connectivity index (χ2v) is 4.70. The van der Waals surface area contributed by atoms with Crippen LogP contribution in [-0.2, 0) is 11.3 Å². The molecule has 2 heterocycles. The number of hydrogen-bond acceptors (Lipinski definition) is 4. The molecule has 78 valence electrons. The molecule has 0 radical (unpaired) electrons. The number of thiocarbonyl (C=S) groups is 1. The van der Waals surface area contributed by atoms with Crippen LogP contribution in [0.3, 0.4) is 0 Å². The Morgan fingerprint density at radius 3 is 3.07 bits per heavy atom. The lowest BCUT2D eigenvalue weighted by atomic mass is 10.3. The first-order valence-corrected chi connectivity index (χ1v) is 5.69. The molecule has 15 heavy (non-hydrogen) atoms. The number of nitrogens with one attached hydrogen (secondary N) is 1. The predicted octanol–water partition coefficient (Wildman–Crippen LogP) is 1.39. The van der Waals surface area contributed by atoms with Crippen LogP contribution in [-0.4, -0.2) is 20.0 Å². The third kappa shape index (κ3) is 2.27. The summed E-state index contributed by atoms with van der Waals surface area (Å²) in [6, 6.07) is 0. The molecule has 0 spiro atoms. The van der Waals surface area contributed by atoms with E-state index in [1.807, 2.05) is 17.8 Å². The third-order valence-electron chi connectivity index (χ3n) is 1.92. The summed E-state index contributed by atoms with van der Waals surface area (Å²) < 4.78 is 2.32. The van der Waals surface area contributed by atoms with Crippen molar-refractivity contribution in [2.24, 2.45) is 0 Å². The van der Waals surface area contributed by atoms with Gasteiger partial charge in [-0.05, 0) is 13.0 Å². The standard InChI is InChI=1S/C9H9N3OS2/c1-2-12-5-6(4-10-12)3-7-8(13)11-9(14)15-7/h3-5H,2H2,1H3,(H,11,13,14)/b7-3-. The summed E-state index contributed by atoms with van der Waals surface area (Å²) in [5.41, 5.74) is 0.916. The minimum Gasteiger partial charge on any atom is -0.307 e. The topological polar surface area (TPSA) is 46.9 Å². The predicted molar refractivity (Wildman–Crippen MR) is 64.2 cm³/mol. The molecule has 4 nitrogen and oxygen atoms in total.